The lowest BCUT2D eigenvalue weighted by Gasteiger charge is -2.12. The molecule has 0 spiro atoms. The van der Waals surface area contributed by atoms with Crippen molar-refractivity contribution in [3.63, 3.8) is 0 Å². The van der Waals surface area contributed by atoms with Gasteiger partial charge in [0.25, 0.3) is 0 Å². The van der Waals surface area contributed by atoms with Gasteiger partial charge in [0.1, 0.15) is 0 Å². The number of benzene rings is 1. The summed E-state index contributed by atoms with van der Waals surface area (Å²) in [5.74, 6) is -0.0759. The van der Waals surface area contributed by atoms with Crippen molar-refractivity contribution in [3.8, 4) is 0 Å². The Morgan fingerprint density at radius 2 is 1.93 bits per heavy atom. The average Bonchev–Trinajstić information content (AvgIpc) is 2.65. The average molecular weight is 190 g/mol. The van der Waals surface area contributed by atoms with E-state index < -0.39 is 6.10 Å². The van der Waals surface area contributed by atoms with Crippen molar-refractivity contribution in [2.24, 2.45) is 5.92 Å². The quantitative estimate of drug-likeness (QED) is 0.724. The second-order valence-electron chi connectivity index (χ2n) is 3.84. The van der Waals surface area contributed by atoms with E-state index in [0.29, 0.717) is 0 Å². The first kappa shape index (κ1) is 9.41. The van der Waals surface area contributed by atoms with E-state index >= 15 is 0 Å². The van der Waals surface area contributed by atoms with E-state index in [4.69, 9.17) is 0 Å². The van der Waals surface area contributed by atoms with E-state index in [1.807, 2.05) is 30.3 Å². The van der Waals surface area contributed by atoms with Crippen LogP contribution in [0.5, 0.6) is 0 Å². The Kier molecular flexibility index (Phi) is 2.64. The van der Waals surface area contributed by atoms with Crippen LogP contribution >= 0.6 is 0 Å². The molecule has 0 unspecified atom stereocenters. The third-order valence-electron chi connectivity index (χ3n) is 2.87. The van der Waals surface area contributed by atoms with E-state index in [0.717, 1.165) is 24.8 Å². The highest BCUT2D eigenvalue weighted by molar-refractivity contribution is 5.98. The first-order valence-corrected chi connectivity index (χ1v) is 5.06. The highest BCUT2D eigenvalue weighted by atomic mass is 16.3. The van der Waals surface area contributed by atoms with Crippen LogP contribution in [-0.4, -0.2) is 17.0 Å². The highest BCUT2D eigenvalue weighted by Crippen LogP contribution is 2.28. The van der Waals surface area contributed by atoms with Gasteiger partial charge in [-0.2, -0.15) is 0 Å². The summed E-state index contributed by atoms with van der Waals surface area (Å²) in [7, 11) is 0. The Labute approximate surface area is 83.6 Å². The number of aliphatic hydroxyl groups excluding tert-OH is 1. The number of hydrogen-bond acceptors (Lipinski definition) is 2. The Morgan fingerprint density at radius 3 is 2.50 bits per heavy atom. The topological polar surface area (TPSA) is 37.3 Å². The summed E-state index contributed by atoms with van der Waals surface area (Å²) in [6.07, 6.45) is 2.13. The van der Waals surface area contributed by atoms with Gasteiger partial charge in [-0.25, -0.2) is 0 Å². The van der Waals surface area contributed by atoms with Crippen LogP contribution in [0.15, 0.2) is 30.3 Å². The third kappa shape index (κ3) is 1.70. The molecular weight excluding hydrogens is 176 g/mol. The summed E-state index contributed by atoms with van der Waals surface area (Å²) in [5.41, 5.74) is 0.721. The van der Waals surface area contributed by atoms with Crippen molar-refractivity contribution in [2.45, 2.75) is 25.4 Å². The lowest BCUT2D eigenvalue weighted by Crippen LogP contribution is -2.22. The number of ketones is 1. The van der Waals surface area contributed by atoms with Crippen LogP contribution in [-0.2, 0) is 0 Å². The van der Waals surface area contributed by atoms with Crippen LogP contribution in [0.25, 0.3) is 0 Å². The summed E-state index contributed by atoms with van der Waals surface area (Å²) in [6.45, 7) is 0. The van der Waals surface area contributed by atoms with E-state index in [1.165, 1.54) is 0 Å². The minimum absolute atomic E-state index is 0.0931. The molecule has 0 radical (unpaired) electrons. The molecule has 1 aliphatic carbocycles. The summed E-state index contributed by atoms with van der Waals surface area (Å²) in [6, 6.07) is 9.23. The molecule has 2 atom stereocenters. The van der Waals surface area contributed by atoms with Crippen LogP contribution in [0.1, 0.15) is 29.6 Å². The number of aliphatic hydroxyl groups is 1. The van der Waals surface area contributed by atoms with Gasteiger partial charge in [0.05, 0.1) is 6.10 Å². The van der Waals surface area contributed by atoms with E-state index in [-0.39, 0.29) is 11.7 Å². The SMILES string of the molecule is O=C(c1ccccc1)[C@@H]1CCC[C@@H]1O. The minimum Gasteiger partial charge on any atom is -0.392 e. The van der Waals surface area contributed by atoms with Gasteiger partial charge in [0.2, 0.25) is 0 Å². The Balaban J connectivity index is 2.16. The molecule has 0 saturated heterocycles. The molecule has 1 aliphatic rings. The zero-order chi connectivity index (χ0) is 9.97. The Hall–Kier alpha value is -1.15. The third-order valence-corrected chi connectivity index (χ3v) is 2.87. The zero-order valence-electron chi connectivity index (χ0n) is 8.02. The van der Waals surface area contributed by atoms with Gasteiger partial charge >= 0.3 is 0 Å². The summed E-state index contributed by atoms with van der Waals surface area (Å²) in [5, 5.41) is 9.60. The predicted molar refractivity (Wildman–Crippen MR) is 54.1 cm³/mol. The van der Waals surface area contributed by atoms with Crippen LogP contribution in [0.4, 0.5) is 0 Å². The number of rotatable bonds is 2. The van der Waals surface area contributed by atoms with Gasteiger partial charge in [-0.1, -0.05) is 36.8 Å². The molecule has 2 heteroatoms. The molecule has 0 heterocycles. The first-order chi connectivity index (χ1) is 6.79. The van der Waals surface area contributed by atoms with E-state index in [1.54, 1.807) is 0 Å². The lowest BCUT2D eigenvalue weighted by atomic mass is 9.95. The molecule has 14 heavy (non-hydrogen) atoms. The fraction of sp³-hybridized carbons (Fsp3) is 0.417. The zero-order valence-corrected chi connectivity index (χ0v) is 8.02. The van der Waals surface area contributed by atoms with Gasteiger partial charge < -0.3 is 5.11 Å². The van der Waals surface area contributed by atoms with Crippen LogP contribution in [0.2, 0.25) is 0 Å². The normalized spacial score (nSPS) is 26.4. The maximum atomic E-state index is 11.9. The van der Waals surface area contributed by atoms with Crippen molar-refractivity contribution in [2.75, 3.05) is 0 Å². The van der Waals surface area contributed by atoms with Crippen LogP contribution in [0.3, 0.4) is 0 Å². The molecule has 74 valence electrons. The fourth-order valence-corrected chi connectivity index (χ4v) is 2.06. The highest BCUT2D eigenvalue weighted by Gasteiger charge is 2.31. The number of carbonyl (C=O) groups excluding carboxylic acids is 1. The smallest absolute Gasteiger partial charge is 0.168 e. The monoisotopic (exact) mass is 190 g/mol. The van der Waals surface area contributed by atoms with E-state index in [2.05, 4.69) is 0 Å². The Morgan fingerprint density at radius 1 is 1.21 bits per heavy atom. The maximum Gasteiger partial charge on any atom is 0.168 e. The predicted octanol–water partition coefficient (Wildman–Crippen LogP) is 2.03. The van der Waals surface area contributed by atoms with Gasteiger partial charge in [0, 0.05) is 11.5 Å². The first-order valence-electron chi connectivity index (χ1n) is 5.06. The molecular formula is C12H14O2. The maximum absolute atomic E-state index is 11.9. The molecule has 0 aliphatic heterocycles. The molecule has 2 rings (SSSR count). The summed E-state index contributed by atoms with van der Waals surface area (Å²) < 4.78 is 0. The summed E-state index contributed by atoms with van der Waals surface area (Å²) in [4.78, 5) is 11.9. The molecule has 1 aromatic carbocycles. The second kappa shape index (κ2) is 3.93. The number of carbonyl (C=O) groups is 1. The standard InChI is InChI=1S/C12H14O2/c13-11-8-4-7-10(11)12(14)9-5-2-1-3-6-9/h1-3,5-6,10-11,13H,4,7-8H2/t10-,11+/m1/s1. The fourth-order valence-electron chi connectivity index (χ4n) is 2.06. The molecule has 1 saturated carbocycles. The molecule has 0 bridgehead atoms. The van der Waals surface area contributed by atoms with Crippen molar-refractivity contribution in [3.05, 3.63) is 35.9 Å². The summed E-state index contributed by atoms with van der Waals surface area (Å²) >= 11 is 0. The van der Waals surface area contributed by atoms with Crippen molar-refractivity contribution >= 4 is 5.78 Å². The molecule has 0 aromatic heterocycles. The van der Waals surface area contributed by atoms with Gasteiger partial charge in [-0.05, 0) is 12.8 Å². The lowest BCUT2D eigenvalue weighted by molar-refractivity contribution is 0.0758. The minimum atomic E-state index is -0.428. The number of hydrogen-bond donors (Lipinski definition) is 1. The van der Waals surface area contributed by atoms with Gasteiger partial charge in [-0.3, -0.25) is 4.79 Å². The van der Waals surface area contributed by atoms with Crippen molar-refractivity contribution < 1.29 is 9.90 Å². The van der Waals surface area contributed by atoms with Crippen LogP contribution in [0, 0.1) is 5.92 Å². The van der Waals surface area contributed by atoms with Gasteiger partial charge in [-0.15, -0.1) is 0 Å². The molecule has 1 fully saturated rings. The van der Waals surface area contributed by atoms with Crippen LogP contribution < -0.4 is 0 Å². The molecule has 2 nitrogen and oxygen atoms in total. The molecule has 1 aromatic rings. The largest absolute Gasteiger partial charge is 0.392 e. The van der Waals surface area contributed by atoms with Gasteiger partial charge in [0.15, 0.2) is 5.78 Å². The second-order valence-corrected chi connectivity index (χ2v) is 3.84. The molecule has 0 amide bonds. The number of Topliss-reactive ketones (excluding diaryl/α,β-unsaturated/α-hetero) is 1. The Bertz CT molecular complexity index is 318. The molecule has 1 N–H and O–H groups in total. The van der Waals surface area contributed by atoms with Crippen molar-refractivity contribution in [1.82, 2.24) is 0 Å². The van der Waals surface area contributed by atoms with E-state index in [9.17, 15) is 9.90 Å². The van der Waals surface area contributed by atoms with Crippen molar-refractivity contribution in [1.29, 1.82) is 0 Å².